The molecule has 0 bridgehead atoms. The van der Waals surface area contributed by atoms with E-state index in [-0.39, 0.29) is 60.7 Å². The molecule has 0 spiro atoms. The van der Waals surface area contributed by atoms with Crippen LogP contribution in [-0.2, 0) is 36.8 Å². The lowest BCUT2D eigenvalue weighted by Gasteiger charge is -2.40. The van der Waals surface area contributed by atoms with E-state index in [1.165, 1.54) is 78.7 Å². The van der Waals surface area contributed by atoms with Crippen LogP contribution in [0.5, 0.6) is 0 Å². The summed E-state index contributed by atoms with van der Waals surface area (Å²) in [4.78, 5) is 127. The van der Waals surface area contributed by atoms with Crippen LogP contribution in [0.4, 0.5) is 41.9 Å². The van der Waals surface area contributed by atoms with Gasteiger partial charge in [-0.25, -0.2) is 19.2 Å². The smallest absolute Gasteiger partial charge is 0.411 e. The Labute approximate surface area is 847 Å². The Hall–Kier alpha value is -14.0. The minimum atomic E-state index is -0.537. The van der Waals surface area contributed by atoms with Crippen LogP contribution in [0.3, 0.4) is 0 Å². The lowest BCUT2D eigenvalue weighted by Crippen LogP contribution is -2.59. The Morgan fingerprint density at radius 1 is 0.299 bits per heavy atom. The number of carbonyl (C=O) groups excluding carboxylic acids is 9. The molecule has 26 heteroatoms. The fourth-order valence-electron chi connectivity index (χ4n) is 20.1. The number of hydrogen-bond acceptors (Lipinski definition) is 17. The van der Waals surface area contributed by atoms with Gasteiger partial charge in [-0.15, -0.1) is 0 Å². The Bertz CT molecular complexity index is 5890. The summed E-state index contributed by atoms with van der Waals surface area (Å²) in [5.41, 5.74) is 21.3. The van der Waals surface area contributed by atoms with Crippen LogP contribution in [0.25, 0.3) is 44.5 Å². The normalized spacial score (nSPS) is 15.9. The van der Waals surface area contributed by atoms with E-state index in [1.807, 2.05) is 250 Å². The second-order valence-electron chi connectivity index (χ2n) is 39.8. The molecule has 4 saturated heterocycles. The van der Waals surface area contributed by atoms with Crippen molar-refractivity contribution in [3.8, 4) is 44.5 Å². The first-order valence-corrected chi connectivity index (χ1v) is 51.3. The number of nitrogens with two attached hydrogens (primary N) is 1. The molecule has 144 heavy (non-hydrogen) atoms. The maximum atomic E-state index is 12.9. The number of amides is 9. The van der Waals surface area contributed by atoms with Crippen molar-refractivity contribution in [1.29, 1.82) is 0 Å². The predicted molar refractivity (Wildman–Crippen MR) is 567 cm³/mol. The molecule has 26 nitrogen and oxygen atoms in total. The predicted octanol–water partition coefficient (Wildman–Crippen LogP) is 21.3. The number of rotatable bonds is 38. The van der Waals surface area contributed by atoms with Crippen molar-refractivity contribution in [2.24, 2.45) is 5.73 Å². The number of fused-ring (bicyclic) bond motifs is 2. The third kappa shape index (κ3) is 30.1. The standard InChI is InChI=1S/C44H46N4O4.C41H54N4O4.C33H37N5O5/c49-43(45-41-20-9-7-18-39(41)35-14-3-1-4-15-35)51-37-22-26-47(27-23-37)31-33-12-11-13-34(30-33)32-48-28-24-38(25-29-48)52-44(50)46-42-21-10-8-19-40(42)36-16-5-2-6-17-36;1-45(2,32-30-44-39(46)36-22-13-14-23-37(36)40(44)47)31-18-9-7-5-3-4-6-8-17-27-43-28-25-34(26-29-43)49-41(48)42-38-24-16-15-21-35(38)33-19-11-10-12-20-33;1-38(2,21-20-37-31(40)26-13-6-7-14-27(26)32(37)41)22-29(30(34)39)36-18-16-24(17-19-36)43-33(42)35-28-15-9-8-12-25(28)23-10-4-3-5-11-23/h1-21,30,37-38H,22-29,31-32H2,(H,45,49)(H,46,50);10-16,19-24,34H,3-9,17-18,25-32H2,1-2H3;3-15,24,29H,16-22H2,1-2H3,(H2-,34,35,39,42)/p+2. The summed E-state index contributed by atoms with van der Waals surface area (Å²) in [6.45, 7) is 12.9. The van der Waals surface area contributed by atoms with Crippen LogP contribution in [0.1, 0.15) is 162 Å². The quantitative estimate of drug-likeness (QED) is 0.0104. The summed E-state index contributed by atoms with van der Waals surface area (Å²) < 4.78 is 24.5. The van der Waals surface area contributed by atoms with E-state index in [4.69, 9.17) is 24.7 Å². The van der Waals surface area contributed by atoms with Crippen molar-refractivity contribution in [3.63, 3.8) is 0 Å². The Balaban J connectivity index is 0.000000163. The molecule has 6 heterocycles. The van der Waals surface area contributed by atoms with Gasteiger partial charge in [0.15, 0.2) is 0 Å². The number of likely N-dealkylation sites (N-methyl/N-ethyl adjacent to an activating group) is 2. The lowest BCUT2D eigenvalue weighted by molar-refractivity contribution is -0.890. The van der Waals surface area contributed by atoms with Gasteiger partial charge in [0, 0.05) is 87.7 Å². The van der Waals surface area contributed by atoms with Gasteiger partial charge in [0.05, 0.1) is 106 Å². The van der Waals surface area contributed by atoms with Gasteiger partial charge in [0.2, 0.25) is 5.91 Å². The number of piperidine rings is 4. The van der Waals surface area contributed by atoms with Crippen LogP contribution < -0.4 is 27.0 Å². The number of anilines is 4. The summed E-state index contributed by atoms with van der Waals surface area (Å²) in [5.74, 6) is -1.32. The zero-order chi connectivity index (χ0) is 101. The van der Waals surface area contributed by atoms with Gasteiger partial charge in [-0.2, -0.15) is 0 Å². The van der Waals surface area contributed by atoms with E-state index >= 15 is 0 Å². The molecule has 6 N–H and O–H groups in total. The molecule has 6 aliphatic rings. The highest BCUT2D eigenvalue weighted by Gasteiger charge is 2.41. The number of imide groups is 2. The van der Waals surface area contributed by atoms with Gasteiger partial charge in [-0.3, -0.25) is 69.7 Å². The van der Waals surface area contributed by atoms with Crippen molar-refractivity contribution in [2.45, 2.75) is 153 Å². The van der Waals surface area contributed by atoms with Crippen molar-refractivity contribution < 1.29 is 71.1 Å². The van der Waals surface area contributed by atoms with Gasteiger partial charge < -0.3 is 38.5 Å². The maximum absolute atomic E-state index is 12.9. The zero-order valence-electron chi connectivity index (χ0n) is 83.6. The Morgan fingerprint density at radius 3 is 0.875 bits per heavy atom. The summed E-state index contributed by atoms with van der Waals surface area (Å²) in [6.07, 6.45) is 15.3. The van der Waals surface area contributed by atoms with Gasteiger partial charge in [0.1, 0.15) is 37.0 Å². The summed E-state index contributed by atoms with van der Waals surface area (Å²) in [6, 6.07) is 93.3. The minimum Gasteiger partial charge on any atom is -0.446 e. The molecule has 6 aliphatic heterocycles. The van der Waals surface area contributed by atoms with Gasteiger partial charge >= 0.3 is 24.4 Å². The molecule has 0 saturated carbocycles. The highest BCUT2D eigenvalue weighted by atomic mass is 16.6. The molecule has 11 aromatic carbocycles. The van der Waals surface area contributed by atoms with E-state index < -0.39 is 30.2 Å². The van der Waals surface area contributed by atoms with Crippen molar-refractivity contribution >= 4 is 76.7 Å². The lowest BCUT2D eigenvalue weighted by atomic mass is 10.0. The number of ether oxygens (including phenoxy) is 4. The maximum Gasteiger partial charge on any atom is 0.411 e. The molecule has 752 valence electrons. The Kier molecular flexibility index (Phi) is 37.5. The monoisotopic (exact) mass is 1950 g/mol. The topological polar surface area (TPSA) is 284 Å². The summed E-state index contributed by atoms with van der Waals surface area (Å²) in [7, 11) is 8.31. The third-order valence-corrected chi connectivity index (χ3v) is 28.3. The minimum absolute atomic E-state index is 0.0325. The van der Waals surface area contributed by atoms with E-state index in [0.717, 1.165) is 177 Å². The van der Waals surface area contributed by atoms with E-state index in [2.05, 4.69) is 74.3 Å². The number of primary amides is 1. The number of likely N-dealkylation sites (tertiary alicyclic amines) is 4. The molecule has 11 aromatic rings. The first-order valence-electron chi connectivity index (χ1n) is 51.3. The van der Waals surface area contributed by atoms with Crippen molar-refractivity contribution in [1.82, 2.24) is 29.4 Å². The van der Waals surface area contributed by atoms with Gasteiger partial charge in [-0.1, -0.05) is 281 Å². The van der Waals surface area contributed by atoms with E-state index in [1.54, 1.807) is 36.4 Å². The number of carbonyl (C=O) groups is 9. The van der Waals surface area contributed by atoms with Gasteiger partial charge in [0.25, 0.3) is 23.6 Å². The Morgan fingerprint density at radius 2 is 0.562 bits per heavy atom. The molecule has 1 unspecified atom stereocenters. The molecule has 4 fully saturated rings. The molecule has 17 rings (SSSR count). The van der Waals surface area contributed by atoms with Crippen LogP contribution in [0.15, 0.2) is 291 Å². The second kappa shape index (κ2) is 51.8. The number of nitrogens with one attached hydrogen (secondary N) is 4. The molecule has 0 aromatic heterocycles. The molecule has 0 radical (unpaired) electrons. The highest BCUT2D eigenvalue weighted by Crippen LogP contribution is 2.36. The highest BCUT2D eigenvalue weighted by molar-refractivity contribution is 6.22. The molecule has 1 atom stereocenters. The van der Waals surface area contributed by atoms with Gasteiger partial charge in [-0.05, 0) is 159 Å². The van der Waals surface area contributed by atoms with Crippen molar-refractivity contribution in [2.75, 3.05) is 148 Å². The molecular formula is C118H139N13O13+2. The SMILES string of the molecule is C[N+](C)(CCCCCCCCCCCN1CCC(OC(=O)Nc2ccccc2-c2ccccc2)CC1)CCN1C(=O)c2ccccc2C1=O.C[N+](C)(CCN1C(=O)c2ccccc2C1=O)CC(C(N)=O)N1CCC(OC(=O)Nc2ccccc2-c2ccccc2)CC1.O=C(Nc1ccccc1-c1ccccc1)OC1CCN(Cc2cccc(CN3CCC(OC(=O)Nc4ccccc4-c4ccccc4)CC3)c2)CC1. The number of hydrogen-bond donors (Lipinski definition) is 5. The first kappa shape index (κ1) is 104. The number of para-hydroxylation sites is 4. The number of unbranched alkanes of at least 4 members (excludes halogenated alkanes) is 8. The van der Waals surface area contributed by atoms with Crippen molar-refractivity contribution in [3.05, 3.63) is 325 Å². The van der Waals surface area contributed by atoms with Crippen LogP contribution >= 0.6 is 0 Å². The zero-order valence-corrected chi connectivity index (χ0v) is 83.6. The number of nitrogens with zero attached hydrogens (tertiary/aromatic N) is 8. The second-order valence-corrected chi connectivity index (χ2v) is 39.8. The average Bonchev–Trinajstić information content (AvgIpc) is 1.64. The largest absolute Gasteiger partial charge is 0.446 e. The van der Waals surface area contributed by atoms with E-state index in [9.17, 15) is 43.2 Å². The van der Waals surface area contributed by atoms with Crippen LogP contribution in [-0.4, -0.2) is 249 Å². The fourth-order valence-corrected chi connectivity index (χ4v) is 20.1. The molecule has 9 amide bonds. The van der Waals surface area contributed by atoms with E-state index in [0.29, 0.717) is 78.0 Å². The summed E-state index contributed by atoms with van der Waals surface area (Å²) in [5, 5.41) is 11.8. The number of quaternary nitrogens is 2. The number of benzene rings is 11. The average molecular weight is 1950 g/mol. The third-order valence-electron chi connectivity index (χ3n) is 28.3. The first-order chi connectivity index (χ1) is 70.0. The van der Waals surface area contributed by atoms with Crippen LogP contribution in [0, 0.1) is 0 Å². The summed E-state index contributed by atoms with van der Waals surface area (Å²) >= 11 is 0. The molecule has 0 aliphatic carbocycles. The molecular weight excluding hydrogens is 1810 g/mol. The fraction of sp³-hybridized carbons (Fsp3) is 0.364. The van der Waals surface area contributed by atoms with Crippen LogP contribution in [0.2, 0.25) is 0 Å².